The summed E-state index contributed by atoms with van der Waals surface area (Å²) in [6.07, 6.45) is 5.61. The van der Waals surface area contributed by atoms with Gasteiger partial charge in [-0.3, -0.25) is 0 Å². The molecule has 2 aliphatic rings. The quantitative estimate of drug-likeness (QED) is 0.662. The van der Waals surface area contributed by atoms with Gasteiger partial charge in [0.25, 0.3) is 0 Å². The molecule has 0 aliphatic carbocycles. The second kappa shape index (κ2) is 8.25. The van der Waals surface area contributed by atoms with Gasteiger partial charge in [-0.15, -0.1) is 0 Å². The van der Waals surface area contributed by atoms with Crippen LogP contribution in [-0.2, 0) is 22.0 Å². The van der Waals surface area contributed by atoms with Gasteiger partial charge in [-0.25, -0.2) is 8.42 Å². The zero-order chi connectivity index (χ0) is 22.3. The second-order valence-corrected chi connectivity index (χ2v) is 12.9. The lowest BCUT2D eigenvalue weighted by Crippen LogP contribution is -2.51. The predicted octanol–water partition coefficient (Wildman–Crippen LogP) is 5.10. The molecule has 0 saturated carbocycles. The van der Waals surface area contributed by atoms with E-state index in [1.807, 2.05) is 24.3 Å². The molecule has 0 radical (unpaired) electrons. The summed E-state index contributed by atoms with van der Waals surface area (Å²) in [5.41, 5.74) is 4.70. The first-order valence-electron chi connectivity index (χ1n) is 11.3. The molecule has 4 nitrogen and oxygen atoms in total. The highest BCUT2D eigenvalue weighted by atomic mass is 32.2. The maximum absolute atomic E-state index is 11.5. The van der Waals surface area contributed by atoms with Crippen LogP contribution in [0, 0.1) is 5.41 Å². The summed E-state index contributed by atoms with van der Waals surface area (Å²) in [5.74, 6) is 1.12. The molecule has 4 rings (SSSR count). The Morgan fingerprint density at radius 1 is 0.968 bits per heavy atom. The number of nitrogens with zero attached hydrogens (tertiary/aromatic N) is 1. The Morgan fingerprint density at radius 3 is 2.23 bits per heavy atom. The molecule has 0 N–H and O–H groups in total. The Labute approximate surface area is 187 Å². The van der Waals surface area contributed by atoms with E-state index in [2.05, 4.69) is 43.9 Å². The maximum atomic E-state index is 11.5. The van der Waals surface area contributed by atoms with Crippen LogP contribution in [0.2, 0.25) is 0 Å². The lowest BCUT2D eigenvalue weighted by atomic mass is 9.82. The van der Waals surface area contributed by atoms with Crippen LogP contribution in [0.25, 0.3) is 11.1 Å². The van der Waals surface area contributed by atoms with Crippen LogP contribution in [0.3, 0.4) is 0 Å². The van der Waals surface area contributed by atoms with Crippen molar-refractivity contribution in [2.45, 2.75) is 57.8 Å². The van der Waals surface area contributed by atoms with Crippen molar-refractivity contribution >= 4 is 9.84 Å². The van der Waals surface area contributed by atoms with Crippen molar-refractivity contribution in [3.05, 3.63) is 53.6 Å². The average molecular weight is 442 g/mol. The van der Waals surface area contributed by atoms with Crippen LogP contribution >= 0.6 is 0 Å². The van der Waals surface area contributed by atoms with E-state index in [-0.39, 0.29) is 11.4 Å². The molecule has 168 valence electrons. The fourth-order valence-electron chi connectivity index (χ4n) is 4.94. The lowest BCUT2D eigenvalue weighted by Gasteiger charge is -2.45. The Balaban J connectivity index is 1.44. The molecule has 1 spiro atoms. The average Bonchev–Trinajstić information content (AvgIpc) is 2.68. The summed E-state index contributed by atoms with van der Waals surface area (Å²) in [6, 6.07) is 14.3. The summed E-state index contributed by atoms with van der Waals surface area (Å²) in [6.45, 7) is 10.3. The van der Waals surface area contributed by atoms with Gasteiger partial charge in [0.05, 0.1) is 5.75 Å². The number of hydrogen-bond donors (Lipinski definition) is 0. The first-order chi connectivity index (χ1) is 14.5. The summed E-state index contributed by atoms with van der Waals surface area (Å²) in [4.78, 5) is 2.58. The number of ether oxygens (including phenoxy) is 1. The molecule has 0 unspecified atom stereocenters. The van der Waals surface area contributed by atoms with Crippen molar-refractivity contribution in [2.75, 3.05) is 25.9 Å². The van der Waals surface area contributed by atoms with Crippen LogP contribution in [0.4, 0.5) is 0 Å². The number of fused-ring (bicyclic) bond motifs is 1. The number of aryl methyl sites for hydroxylation is 1. The number of sulfone groups is 1. The van der Waals surface area contributed by atoms with Crippen molar-refractivity contribution in [1.82, 2.24) is 4.90 Å². The summed E-state index contributed by atoms with van der Waals surface area (Å²) in [5, 5.41) is 0. The van der Waals surface area contributed by atoms with E-state index in [1.54, 1.807) is 0 Å². The third-order valence-corrected chi connectivity index (χ3v) is 7.28. The van der Waals surface area contributed by atoms with Gasteiger partial charge in [0.1, 0.15) is 11.4 Å². The van der Waals surface area contributed by atoms with E-state index < -0.39 is 9.84 Å². The number of likely N-dealkylation sites (tertiary alicyclic amines) is 1. The largest absolute Gasteiger partial charge is 0.487 e. The topological polar surface area (TPSA) is 46.6 Å². The number of piperidine rings is 1. The molecule has 2 aromatic rings. The molecule has 2 heterocycles. The summed E-state index contributed by atoms with van der Waals surface area (Å²) >= 11 is 0. The molecule has 31 heavy (non-hydrogen) atoms. The van der Waals surface area contributed by atoms with Crippen molar-refractivity contribution in [3.8, 4) is 16.9 Å². The molecule has 0 atom stereocenters. The van der Waals surface area contributed by atoms with Gasteiger partial charge in [0.2, 0.25) is 0 Å². The molecule has 5 heteroatoms. The fourth-order valence-corrected chi connectivity index (χ4v) is 5.74. The van der Waals surface area contributed by atoms with Crippen molar-refractivity contribution < 1.29 is 13.2 Å². The van der Waals surface area contributed by atoms with E-state index in [9.17, 15) is 8.42 Å². The second-order valence-electron chi connectivity index (χ2n) is 10.7. The van der Waals surface area contributed by atoms with E-state index in [1.165, 1.54) is 11.8 Å². The molecule has 0 aromatic heterocycles. The minimum Gasteiger partial charge on any atom is -0.487 e. The highest BCUT2D eigenvalue weighted by Gasteiger charge is 2.39. The highest BCUT2D eigenvalue weighted by molar-refractivity contribution is 7.89. The van der Waals surface area contributed by atoms with Gasteiger partial charge in [0, 0.05) is 25.9 Å². The van der Waals surface area contributed by atoms with E-state index in [0.29, 0.717) is 5.41 Å². The van der Waals surface area contributed by atoms with Crippen molar-refractivity contribution in [2.24, 2.45) is 5.41 Å². The predicted molar refractivity (Wildman–Crippen MR) is 127 cm³/mol. The van der Waals surface area contributed by atoms with Crippen LogP contribution in [-0.4, -0.2) is 44.8 Å². The maximum Gasteiger partial charge on any atom is 0.151 e. The smallest absolute Gasteiger partial charge is 0.151 e. The van der Waals surface area contributed by atoms with E-state index in [0.717, 1.165) is 67.8 Å². The Bertz CT molecular complexity index is 1030. The standard InChI is InChI=1S/C26H35NO3S/c1-25(2,3)19-27-15-13-26(14-16-27)12-11-23-17-22(9-10-24(23)30-26)21-7-5-20(6-8-21)18-31(4,28)29/h5-10,17H,11-16,18-19H2,1-4H3. The van der Waals surface area contributed by atoms with Crippen LogP contribution in [0.5, 0.6) is 5.75 Å². The third kappa shape index (κ3) is 5.69. The zero-order valence-electron chi connectivity index (χ0n) is 19.3. The van der Waals surface area contributed by atoms with Gasteiger partial charge in [-0.1, -0.05) is 51.1 Å². The molecule has 0 amide bonds. The molecule has 1 saturated heterocycles. The minimum absolute atomic E-state index is 0.00378. The monoisotopic (exact) mass is 441 g/mol. The molecule has 2 aliphatic heterocycles. The third-order valence-electron chi connectivity index (χ3n) is 6.42. The van der Waals surface area contributed by atoms with E-state index in [4.69, 9.17) is 4.74 Å². The normalized spacial score (nSPS) is 19.1. The van der Waals surface area contributed by atoms with Gasteiger partial charge in [-0.2, -0.15) is 0 Å². The SMILES string of the molecule is CC(C)(C)CN1CCC2(CCc3cc(-c4ccc(CS(C)(=O)=O)cc4)ccc3O2)CC1. The number of hydrogen-bond acceptors (Lipinski definition) is 4. The first-order valence-corrected chi connectivity index (χ1v) is 13.4. The highest BCUT2D eigenvalue weighted by Crippen LogP contribution is 2.41. The Morgan fingerprint density at radius 2 is 1.61 bits per heavy atom. The summed E-state index contributed by atoms with van der Waals surface area (Å²) < 4.78 is 29.6. The molecule has 1 fully saturated rings. The van der Waals surface area contributed by atoms with Crippen LogP contribution in [0.1, 0.15) is 51.2 Å². The fraction of sp³-hybridized carbons (Fsp3) is 0.538. The van der Waals surface area contributed by atoms with E-state index >= 15 is 0 Å². The van der Waals surface area contributed by atoms with Crippen LogP contribution < -0.4 is 4.74 Å². The van der Waals surface area contributed by atoms with Gasteiger partial charge >= 0.3 is 0 Å². The van der Waals surface area contributed by atoms with Crippen LogP contribution in [0.15, 0.2) is 42.5 Å². The molecule has 2 aromatic carbocycles. The lowest BCUT2D eigenvalue weighted by molar-refractivity contribution is -0.0206. The Kier molecular flexibility index (Phi) is 5.95. The van der Waals surface area contributed by atoms with Gasteiger partial charge in [0.15, 0.2) is 9.84 Å². The molecular weight excluding hydrogens is 406 g/mol. The molecular formula is C26H35NO3S. The molecule has 0 bridgehead atoms. The summed E-state index contributed by atoms with van der Waals surface area (Å²) in [7, 11) is -3.01. The number of rotatable bonds is 4. The number of benzene rings is 2. The van der Waals surface area contributed by atoms with Gasteiger partial charge in [-0.05, 0) is 65.5 Å². The van der Waals surface area contributed by atoms with Crippen molar-refractivity contribution in [3.63, 3.8) is 0 Å². The van der Waals surface area contributed by atoms with Gasteiger partial charge < -0.3 is 9.64 Å². The minimum atomic E-state index is -3.01. The zero-order valence-corrected chi connectivity index (χ0v) is 20.1. The Hall–Kier alpha value is -1.85. The first kappa shape index (κ1) is 22.3. The van der Waals surface area contributed by atoms with Crippen molar-refractivity contribution in [1.29, 1.82) is 0 Å².